The standard InChI is InChI=1S/C11H13FN2O2S/c1-14(5-6-17(2,15)16)11-4-3-10(12)7-9(11)8-13/h3-4,7H,5-6H2,1-2H3. The van der Waals surface area contributed by atoms with Crippen LogP contribution in [-0.4, -0.2) is 34.0 Å². The Bertz CT molecular complexity index is 549. The number of anilines is 1. The van der Waals surface area contributed by atoms with E-state index in [0.717, 1.165) is 12.3 Å². The number of sulfone groups is 1. The highest BCUT2D eigenvalue weighted by Gasteiger charge is 2.10. The van der Waals surface area contributed by atoms with E-state index < -0.39 is 15.7 Å². The van der Waals surface area contributed by atoms with Gasteiger partial charge in [-0.25, -0.2) is 12.8 Å². The van der Waals surface area contributed by atoms with Crippen molar-refractivity contribution in [3.05, 3.63) is 29.6 Å². The van der Waals surface area contributed by atoms with Gasteiger partial charge in [-0.15, -0.1) is 0 Å². The summed E-state index contributed by atoms with van der Waals surface area (Å²) >= 11 is 0. The fourth-order valence-electron chi connectivity index (χ4n) is 1.35. The normalized spacial score (nSPS) is 10.9. The molecule has 0 radical (unpaired) electrons. The summed E-state index contributed by atoms with van der Waals surface area (Å²) in [6.45, 7) is 0.263. The molecule has 0 spiro atoms. The first kappa shape index (κ1) is 13.5. The summed E-state index contributed by atoms with van der Waals surface area (Å²) < 4.78 is 35.0. The van der Waals surface area contributed by atoms with Gasteiger partial charge in [-0.1, -0.05) is 0 Å². The maximum absolute atomic E-state index is 12.9. The van der Waals surface area contributed by atoms with Crippen molar-refractivity contribution >= 4 is 15.5 Å². The molecule has 0 amide bonds. The lowest BCUT2D eigenvalue weighted by atomic mass is 10.2. The lowest BCUT2D eigenvalue weighted by Gasteiger charge is -2.19. The molecule has 17 heavy (non-hydrogen) atoms. The fourth-order valence-corrected chi connectivity index (χ4v) is 1.96. The van der Waals surface area contributed by atoms with Crippen molar-refractivity contribution in [2.45, 2.75) is 0 Å². The summed E-state index contributed by atoms with van der Waals surface area (Å²) in [5.41, 5.74) is 0.721. The third-order valence-electron chi connectivity index (χ3n) is 2.29. The molecule has 1 aromatic rings. The number of hydrogen-bond donors (Lipinski definition) is 0. The molecular formula is C11H13FN2O2S. The Morgan fingerprint density at radius 3 is 2.65 bits per heavy atom. The van der Waals surface area contributed by atoms with Crippen molar-refractivity contribution in [1.29, 1.82) is 5.26 Å². The molecule has 0 aromatic heterocycles. The summed E-state index contributed by atoms with van der Waals surface area (Å²) in [5.74, 6) is -0.493. The molecule has 0 atom stereocenters. The Hall–Kier alpha value is -1.61. The maximum Gasteiger partial charge on any atom is 0.149 e. The zero-order valence-corrected chi connectivity index (χ0v) is 10.5. The van der Waals surface area contributed by atoms with E-state index in [0.29, 0.717) is 5.69 Å². The van der Waals surface area contributed by atoms with E-state index in [1.54, 1.807) is 11.9 Å². The quantitative estimate of drug-likeness (QED) is 0.811. The average molecular weight is 256 g/mol. The Morgan fingerprint density at radius 2 is 2.12 bits per heavy atom. The number of nitriles is 1. The van der Waals surface area contributed by atoms with Gasteiger partial charge in [0.05, 0.1) is 17.0 Å². The molecule has 1 aromatic carbocycles. The highest BCUT2D eigenvalue weighted by atomic mass is 32.2. The summed E-state index contributed by atoms with van der Waals surface area (Å²) in [6.07, 6.45) is 1.15. The fraction of sp³-hybridized carbons (Fsp3) is 0.364. The van der Waals surface area contributed by atoms with E-state index in [2.05, 4.69) is 0 Å². The van der Waals surface area contributed by atoms with Crippen LogP contribution in [0.1, 0.15) is 5.56 Å². The first-order valence-electron chi connectivity index (χ1n) is 4.92. The lowest BCUT2D eigenvalue weighted by molar-refractivity contribution is 0.601. The first-order valence-corrected chi connectivity index (χ1v) is 6.98. The van der Waals surface area contributed by atoms with E-state index in [1.807, 2.05) is 6.07 Å². The van der Waals surface area contributed by atoms with Gasteiger partial charge in [0.25, 0.3) is 0 Å². The number of hydrogen-bond acceptors (Lipinski definition) is 4. The minimum atomic E-state index is -3.05. The molecule has 0 saturated carbocycles. The van der Waals surface area contributed by atoms with Gasteiger partial charge in [0, 0.05) is 19.8 Å². The van der Waals surface area contributed by atoms with Crippen LogP contribution in [-0.2, 0) is 9.84 Å². The minimum absolute atomic E-state index is 0.00819. The van der Waals surface area contributed by atoms with E-state index in [4.69, 9.17) is 5.26 Å². The Balaban J connectivity index is 2.90. The predicted molar refractivity (Wildman–Crippen MR) is 64.1 cm³/mol. The van der Waals surface area contributed by atoms with Crippen LogP contribution in [0.3, 0.4) is 0 Å². The van der Waals surface area contributed by atoms with Gasteiger partial charge in [-0.2, -0.15) is 5.26 Å². The van der Waals surface area contributed by atoms with Gasteiger partial charge in [0.15, 0.2) is 0 Å². The summed E-state index contributed by atoms with van der Waals surface area (Å²) in [4.78, 5) is 1.62. The predicted octanol–water partition coefficient (Wildman–Crippen LogP) is 1.18. The first-order chi connectivity index (χ1) is 7.83. The van der Waals surface area contributed by atoms with E-state index >= 15 is 0 Å². The molecule has 0 unspecified atom stereocenters. The molecule has 1 rings (SSSR count). The average Bonchev–Trinajstić information content (AvgIpc) is 2.24. The van der Waals surface area contributed by atoms with Crippen LogP contribution in [0.4, 0.5) is 10.1 Å². The van der Waals surface area contributed by atoms with Crippen molar-refractivity contribution < 1.29 is 12.8 Å². The van der Waals surface area contributed by atoms with Gasteiger partial charge in [-0.05, 0) is 18.2 Å². The van der Waals surface area contributed by atoms with E-state index in [1.165, 1.54) is 12.1 Å². The second-order valence-corrected chi connectivity index (χ2v) is 6.08. The van der Waals surface area contributed by atoms with E-state index in [9.17, 15) is 12.8 Å². The third kappa shape index (κ3) is 4.04. The lowest BCUT2D eigenvalue weighted by Crippen LogP contribution is -2.25. The zero-order chi connectivity index (χ0) is 13.1. The van der Waals surface area contributed by atoms with Gasteiger partial charge in [0.2, 0.25) is 0 Å². The minimum Gasteiger partial charge on any atom is -0.373 e. The van der Waals surface area contributed by atoms with Crippen LogP contribution >= 0.6 is 0 Å². The molecule has 0 saturated heterocycles. The molecule has 0 aliphatic rings. The Morgan fingerprint density at radius 1 is 1.47 bits per heavy atom. The second-order valence-electron chi connectivity index (χ2n) is 3.82. The zero-order valence-electron chi connectivity index (χ0n) is 9.64. The van der Waals surface area contributed by atoms with Crippen LogP contribution in [0.5, 0.6) is 0 Å². The van der Waals surface area contributed by atoms with Gasteiger partial charge >= 0.3 is 0 Å². The highest BCUT2D eigenvalue weighted by molar-refractivity contribution is 7.90. The molecule has 0 N–H and O–H groups in total. The van der Waals surface area contributed by atoms with Crippen molar-refractivity contribution in [3.63, 3.8) is 0 Å². The summed E-state index contributed by atoms with van der Waals surface area (Å²) in [7, 11) is -1.39. The Labute approximate surface area is 100 Å². The summed E-state index contributed by atoms with van der Waals surface area (Å²) in [6, 6.07) is 5.73. The van der Waals surface area contributed by atoms with Crippen LogP contribution in [0.25, 0.3) is 0 Å². The van der Waals surface area contributed by atoms with Crippen LogP contribution in [0.15, 0.2) is 18.2 Å². The number of rotatable bonds is 4. The largest absolute Gasteiger partial charge is 0.373 e. The molecule has 0 aliphatic carbocycles. The number of nitrogens with zero attached hydrogens (tertiary/aromatic N) is 2. The number of benzene rings is 1. The molecule has 0 fully saturated rings. The highest BCUT2D eigenvalue weighted by Crippen LogP contribution is 2.19. The third-order valence-corrected chi connectivity index (χ3v) is 3.21. The Kier molecular flexibility index (Phi) is 4.07. The van der Waals surface area contributed by atoms with Gasteiger partial charge in [-0.3, -0.25) is 0 Å². The van der Waals surface area contributed by atoms with Crippen molar-refractivity contribution in [2.24, 2.45) is 0 Å². The summed E-state index contributed by atoms with van der Waals surface area (Å²) in [5, 5.41) is 8.86. The van der Waals surface area contributed by atoms with Gasteiger partial charge < -0.3 is 4.90 Å². The molecule has 92 valence electrons. The van der Waals surface area contributed by atoms with Crippen molar-refractivity contribution in [2.75, 3.05) is 30.5 Å². The van der Waals surface area contributed by atoms with Crippen LogP contribution in [0, 0.1) is 17.1 Å². The van der Waals surface area contributed by atoms with Crippen molar-refractivity contribution in [3.8, 4) is 6.07 Å². The molecule has 4 nitrogen and oxygen atoms in total. The SMILES string of the molecule is CN(CCS(C)(=O)=O)c1ccc(F)cc1C#N. The molecule has 0 aliphatic heterocycles. The van der Waals surface area contributed by atoms with Crippen molar-refractivity contribution in [1.82, 2.24) is 0 Å². The second kappa shape index (κ2) is 5.15. The number of halogens is 1. The molecule has 0 heterocycles. The van der Waals surface area contributed by atoms with Crippen LogP contribution in [0.2, 0.25) is 0 Å². The monoisotopic (exact) mass is 256 g/mol. The van der Waals surface area contributed by atoms with Gasteiger partial charge in [0.1, 0.15) is 21.7 Å². The maximum atomic E-state index is 12.9. The smallest absolute Gasteiger partial charge is 0.149 e. The van der Waals surface area contributed by atoms with E-state index in [-0.39, 0.29) is 17.9 Å². The van der Waals surface area contributed by atoms with Crippen LogP contribution < -0.4 is 4.90 Å². The molecule has 0 bridgehead atoms. The topological polar surface area (TPSA) is 61.2 Å². The molecule has 6 heteroatoms. The molecular weight excluding hydrogens is 243 g/mol.